The molecular weight excluding hydrogens is 226 g/mol. The Morgan fingerprint density at radius 1 is 1.28 bits per heavy atom. The summed E-state index contributed by atoms with van der Waals surface area (Å²) in [5.74, 6) is 0. The number of benzene rings is 1. The van der Waals surface area contributed by atoms with Gasteiger partial charge in [0.1, 0.15) is 6.10 Å². The third-order valence-electron chi connectivity index (χ3n) is 3.08. The Hall–Kier alpha value is -2.20. The van der Waals surface area contributed by atoms with Crippen LogP contribution in [-0.2, 0) is 7.05 Å². The summed E-state index contributed by atoms with van der Waals surface area (Å²) < 4.78 is 1.81. The zero-order valence-corrected chi connectivity index (χ0v) is 9.99. The fraction of sp³-hybridized carbons (Fsp3) is 0.143. The Kier molecular flexibility index (Phi) is 2.57. The molecule has 2 heterocycles. The summed E-state index contributed by atoms with van der Waals surface area (Å²) >= 11 is 0. The molecule has 1 N–H and O–H groups in total. The van der Waals surface area contributed by atoms with Crippen LogP contribution < -0.4 is 0 Å². The molecule has 0 aliphatic rings. The zero-order valence-electron chi connectivity index (χ0n) is 9.99. The molecule has 0 bridgehead atoms. The number of imidazole rings is 1. The third-order valence-corrected chi connectivity index (χ3v) is 3.08. The molecule has 1 aromatic carbocycles. The largest absolute Gasteiger partial charge is 0.382 e. The summed E-state index contributed by atoms with van der Waals surface area (Å²) in [6, 6.07) is 9.70. The third kappa shape index (κ3) is 1.76. The molecule has 2 aromatic heterocycles. The summed E-state index contributed by atoms with van der Waals surface area (Å²) in [5.41, 5.74) is 2.48. The molecule has 0 aliphatic carbocycles. The minimum atomic E-state index is -0.677. The van der Waals surface area contributed by atoms with Gasteiger partial charge in [-0.1, -0.05) is 18.2 Å². The molecule has 18 heavy (non-hydrogen) atoms. The first-order chi connectivity index (χ1) is 8.75. The molecule has 3 aromatic rings. The molecule has 0 saturated carbocycles. The topological polar surface area (TPSA) is 50.9 Å². The smallest absolute Gasteiger partial charge is 0.121 e. The number of pyridine rings is 1. The lowest BCUT2D eigenvalue weighted by Crippen LogP contribution is -2.05. The Labute approximate surface area is 105 Å². The highest BCUT2D eigenvalue weighted by molar-refractivity contribution is 5.79. The molecule has 0 spiro atoms. The van der Waals surface area contributed by atoms with E-state index in [-0.39, 0.29) is 0 Å². The predicted molar refractivity (Wildman–Crippen MR) is 69.0 cm³/mol. The van der Waals surface area contributed by atoms with E-state index in [1.54, 1.807) is 18.7 Å². The molecule has 0 radical (unpaired) electrons. The van der Waals surface area contributed by atoms with E-state index >= 15 is 0 Å². The second kappa shape index (κ2) is 4.23. The first-order valence-electron chi connectivity index (χ1n) is 5.74. The second-order valence-electron chi connectivity index (χ2n) is 4.29. The number of aromatic nitrogens is 3. The number of aliphatic hydroxyl groups excluding tert-OH is 1. The van der Waals surface area contributed by atoms with Crippen molar-refractivity contribution in [2.75, 3.05) is 0 Å². The Morgan fingerprint density at radius 3 is 2.94 bits per heavy atom. The minimum absolute atomic E-state index is 0.677. The van der Waals surface area contributed by atoms with Crippen LogP contribution in [0, 0.1) is 0 Å². The van der Waals surface area contributed by atoms with Gasteiger partial charge in [0, 0.05) is 18.6 Å². The lowest BCUT2D eigenvalue weighted by Gasteiger charge is -2.12. The lowest BCUT2D eigenvalue weighted by molar-refractivity contribution is 0.211. The highest BCUT2D eigenvalue weighted by atomic mass is 16.3. The van der Waals surface area contributed by atoms with Crippen LogP contribution in [0.4, 0.5) is 0 Å². The number of fused-ring (bicyclic) bond motifs is 1. The normalized spacial score (nSPS) is 12.8. The second-order valence-corrected chi connectivity index (χ2v) is 4.29. The maximum Gasteiger partial charge on any atom is 0.121 e. The number of aliphatic hydroxyl groups is 1. The quantitative estimate of drug-likeness (QED) is 0.744. The molecular formula is C14H13N3O. The summed E-state index contributed by atoms with van der Waals surface area (Å²) in [6.07, 6.45) is 4.43. The molecule has 90 valence electrons. The van der Waals surface area contributed by atoms with Gasteiger partial charge in [-0.05, 0) is 17.7 Å². The van der Waals surface area contributed by atoms with Crippen molar-refractivity contribution in [3.63, 3.8) is 0 Å². The van der Waals surface area contributed by atoms with Gasteiger partial charge in [-0.3, -0.25) is 4.98 Å². The van der Waals surface area contributed by atoms with E-state index in [2.05, 4.69) is 9.97 Å². The van der Waals surface area contributed by atoms with E-state index in [4.69, 9.17) is 0 Å². The standard InChI is InChI=1S/C14H13N3O/c1-17-9-15-8-13(17)14(18)11-5-4-10-3-2-6-16-12(10)7-11/h2-9,14,18H,1H3. The van der Waals surface area contributed by atoms with E-state index < -0.39 is 6.10 Å². The van der Waals surface area contributed by atoms with Crippen molar-refractivity contribution in [3.8, 4) is 0 Å². The molecule has 0 amide bonds. The lowest BCUT2D eigenvalue weighted by atomic mass is 10.0. The SMILES string of the molecule is Cn1cncc1C(O)c1ccc2cccnc2c1. The van der Waals surface area contributed by atoms with Crippen LogP contribution in [0.5, 0.6) is 0 Å². The molecule has 4 nitrogen and oxygen atoms in total. The number of rotatable bonds is 2. The molecule has 1 unspecified atom stereocenters. The summed E-state index contributed by atoms with van der Waals surface area (Å²) in [7, 11) is 1.87. The van der Waals surface area contributed by atoms with Gasteiger partial charge in [-0.2, -0.15) is 0 Å². The van der Waals surface area contributed by atoms with Crippen molar-refractivity contribution in [2.24, 2.45) is 7.05 Å². The van der Waals surface area contributed by atoms with Gasteiger partial charge in [0.2, 0.25) is 0 Å². The number of hydrogen-bond donors (Lipinski definition) is 1. The highest BCUT2D eigenvalue weighted by Crippen LogP contribution is 2.23. The van der Waals surface area contributed by atoms with Crippen LogP contribution in [0.15, 0.2) is 49.1 Å². The maximum absolute atomic E-state index is 10.3. The summed E-state index contributed by atoms with van der Waals surface area (Å²) in [4.78, 5) is 8.31. The van der Waals surface area contributed by atoms with E-state index in [9.17, 15) is 5.11 Å². The van der Waals surface area contributed by atoms with Crippen molar-refractivity contribution in [1.82, 2.24) is 14.5 Å². The van der Waals surface area contributed by atoms with Crippen molar-refractivity contribution in [2.45, 2.75) is 6.10 Å². The van der Waals surface area contributed by atoms with E-state index in [1.165, 1.54) is 0 Å². The highest BCUT2D eigenvalue weighted by Gasteiger charge is 2.14. The summed E-state index contributed by atoms with van der Waals surface area (Å²) in [6.45, 7) is 0. The molecule has 1 atom stereocenters. The number of aryl methyl sites for hydroxylation is 1. The van der Waals surface area contributed by atoms with Gasteiger partial charge in [-0.15, -0.1) is 0 Å². The van der Waals surface area contributed by atoms with Gasteiger partial charge < -0.3 is 9.67 Å². The van der Waals surface area contributed by atoms with Crippen LogP contribution >= 0.6 is 0 Å². The van der Waals surface area contributed by atoms with Crippen LogP contribution in [0.1, 0.15) is 17.4 Å². The first-order valence-corrected chi connectivity index (χ1v) is 5.74. The van der Waals surface area contributed by atoms with E-state index in [0.29, 0.717) is 0 Å². The molecule has 0 aliphatic heterocycles. The average Bonchev–Trinajstić information content (AvgIpc) is 2.83. The van der Waals surface area contributed by atoms with Crippen LogP contribution in [0.2, 0.25) is 0 Å². The van der Waals surface area contributed by atoms with Crippen LogP contribution in [0.25, 0.3) is 10.9 Å². The van der Waals surface area contributed by atoms with Gasteiger partial charge >= 0.3 is 0 Å². The van der Waals surface area contributed by atoms with Crippen molar-refractivity contribution < 1.29 is 5.11 Å². The fourth-order valence-electron chi connectivity index (χ4n) is 2.06. The average molecular weight is 239 g/mol. The molecule has 0 fully saturated rings. The first kappa shape index (κ1) is 10.9. The Balaban J connectivity index is 2.07. The Morgan fingerprint density at radius 2 is 2.17 bits per heavy atom. The maximum atomic E-state index is 10.3. The zero-order chi connectivity index (χ0) is 12.5. The minimum Gasteiger partial charge on any atom is -0.382 e. The Bertz CT molecular complexity index is 690. The van der Waals surface area contributed by atoms with Crippen LogP contribution in [0.3, 0.4) is 0 Å². The number of hydrogen-bond acceptors (Lipinski definition) is 3. The predicted octanol–water partition coefficient (Wildman–Crippen LogP) is 2.05. The fourth-order valence-corrected chi connectivity index (χ4v) is 2.06. The van der Waals surface area contributed by atoms with E-state index in [1.807, 2.05) is 41.9 Å². The van der Waals surface area contributed by atoms with Gasteiger partial charge in [0.15, 0.2) is 0 Å². The monoisotopic (exact) mass is 239 g/mol. The molecule has 0 saturated heterocycles. The van der Waals surface area contributed by atoms with E-state index in [0.717, 1.165) is 22.2 Å². The van der Waals surface area contributed by atoms with Gasteiger partial charge in [-0.25, -0.2) is 4.98 Å². The summed E-state index contributed by atoms with van der Waals surface area (Å²) in [5, 5.41) is 11.4. The molecule has 4 heteroatoms. The van der Waals surface area contributed by atoms with Crippen molar-refractivity contribution in [1.29, 1.82) is 0 Å². The molecule has 3 rings (SSSR count). The van der Waals surface area contributed by atoms with Crippen molar-refractivity contribution >= 4 is 10.9 Å². The van der Waals surface area contributed by atoms with Gasteiger partial charge in [0.25, 0.3) is 0 Å². The number of nitrogens with zero attached hydrogens (tertiary/aromatic N) is 3. The van der Waals surface area contributed by atoms with Gasteiger partial charge in [0.05, 0.1) is 23.7 Å². The van der Waals surface area contributed by atoms with Crippen molar-refractivity contribution in [3.05, 3.63) is 60.3 Å². The van der Waals surface area contributed by atoms with Crippen LogP contribution in [-0.4, -0.2) is 19.6 Å².